The van der Waals surface area contributed by atoms with Crippen molar-refractivity contribution in [3.8, 4) is 0 Å². The zero-order valence-corrected chi connectivity index (χ0v) is 11.6. The van der Waals surface area contributed by atoms with Crippen molar-refractivity contribution in [2.75, 3.05) is 11.9 Å². The lowest BCUT2D eigenvalue weighted by Gasteiger charge is -2.09. The van der Waals surface area contributed by atoms with Gasteiger partial charge in [-0.2, -0.15) is 5.10 Å². The molecule has 2 aromatic rings. The number of aromatic nitrogens is 3. The maximum absolute atomic E-state index is 11.7. The van der Waals surface area contributed by atoms with Crippen molar-refractivity contribution in [1.82, 2.24) is 14.8 Å². The molecule has 2 rings (SSSR count). The fourth-order valence-electron chi connectivity index (χ4n) is 1.69. The Balaban J connectivity index is 1.94. The minimum absolute atomic E-state index is 0.0411. The molecule has 1 aromatic carbocycles. The molecule has 1 amide bonds. The van der Waals surface area contributed by atoms with Gasteiger partial charge in [-0.1, -0.05) is 12.1 Å². The summed E-state index contributed by atoms with van der Waals surface area (Å²) in [5, 5.41) is 6.86. The molecule has 0 unspecified atom stereocenters. The van der Waals surface area contributed by atoms with E-state index in [2.05, 4.69) is 15.4 Å². The van der Waals surface area contributed by atoms with E-state index < -0.39 is 0 Å². The SMILES string of the molecule is CC(C)OCC(=O)Nc1cccc(Cn2cncn2)c1. The van der Waals surface area contributed by atoms with Gasteiger partial charge in [0.05, 0.1) is 12.6 Å². The van der Waals surface area contributed by atoms with Gasteiger partial charge < -0.3 is 10.1 Å². The first kappa shape index (κ1) is 14.2. The van der Waals surface area contributed by atoms with Crippen molar-refractivity contribution in [1.29, 1.82) is 0 Å². The van der Waals surface area contributed by atoms with E-state index in [1.807, 2.05) is 38.1 Å². The Bertz CT molecular complexity index is 552. The van der Waals surface area contributed by atoms with Gasteiger partial charge in [0.1, 0.15) is 19.3 Å². The van der Waals surface area contributed by atoms with Crippen molar-refractivity contribution in [3.05, 3.63) is 42.5 Å². The average molecular weight is 274 g/mol. The monoisotopic (exact) mass is 274 g/mol. The van der Waals surface area contributed by atoms with Crippen LogP contribution in [0.5, 0.6) is 0 Å². The van der Waals surface area contributed by atoms with E-state index in [9.17, 15) is 4.79 Å². The molecular formula is C14H18N4O2. The van der Waals surface area contributed by atoms with Crippen molar-refractivity contribution in [2.45, 2.75) is 26.5 Å². The third-order valence-corrected chi connectivity index (χ3v) is 2.57. The summed E-state index contributed by atoms with van der Waals surface area (Å²) in [5.41, 5.74) is 1.79. The lowest BCUT2D eigenvalue weighted by Crippen LogP contribution is -2.20. The maximum atomic E-state index is 11.7. The van der Waals surface area contributed by atoms with Crippen LogP contribution in [0.3, 0.4) is 0 Å². The number of hydrogen-bond donors (Lipinski definition) is 1. The van der Waals surface area contributed by atoms with Crippen LogP contribution in [0, 0.1) is 0 Å². The molecule has 0 fully saturated rings. The molecule has 6 heteroatoms. The normalized spacial score (nSPS) is 10.8. The molecule has 0 spiro atoms. The number of benzene rings is 1. The molecule has 0 saturated heterocycles. The summed E-state index contributed by atoms with van der Waals surface area (Å²) < 4.78 is 6.98. The second-order valence-electron chi connectivity index (χ2n) is 4.70. The number of anilines is 1. The minimum atomic E-state index is -0.156. The molecule has 6 nitrogen and oxygen atoms in total. The summed E-state index contributed by atoms with van der Waals surface area (Å²) in [4.78, 5) is 15.6. The average Bonchev–Trinajstić information content (AvgIpc) is 2.89. The van der Waals surface area contributed by atoms with E-state index >= 15 is 0 Å². The van der Waals surface area contributed by atoms with Gasteiger partial charge in [-0.3, -0.25) is 4.79 Å². The highest BCUT2D eigenvalue weighted by molar-refractivity contribution is 5.91. The highest BCUT2D eigenvalue weighted by Gasteiger charge is 2.05. The predicted octanol–water partition coefficient (Wildman–Crippen LogP) is 1.69. The highest BCUT2D eigenvalue weighted by atomic mass is 16.5. The van der Waals surface area contributed by atoms with Crippen molar-refractivity contribution in [2.24, 2.45) is 0 Å². The topological polar surface area (TPSA) is 69.0 Å². The standard InChI is InChI=1S/C14H18N4O2/c1-11(2)20-8-14(19)17-13-5-3-4-12(6-13)7-18-10-15-9-16-18/h3-6,9-11H,7-8H2,1-2H3,(H,17,19). The largest absolute Gasteiger partial charge is 0.369 e. The van der Waals surface area contributed by atoms with Crippen LogP contribution < -0.4 is 5.32 Å². The Kier molecular flexibility index (Phi) is 4.84. The first-order valence-electron chi connectivity index (χ1n) is 6.46. The van der Waals surface area contributed by atoms with Gasteiger partial charge in [0.2, 0.25) is 5.91 Å². The molecule has 106 valence electrons. The number of amides is 1. The van der Waals surface area contributed by atoms with Crippen LogP contribution >= 0.6 is 0 Å². The quantitative estimate of drug-likeness (QED) is 0.870. The van der Waals surface area contributed by atoms with E-state index in [4.69, 9.17) is 4.74 Å². The number of hydrogen-bond acceptors (Lipinski definition) is 4. The van der Waals surface area contributed by atoms with E-state index in [1.165, 1.54) is 6.33 Å². The molecule has 20 heavy (non-hydrogen) atoms. The Morgan fingerprint density at radius 2 is 2.30 bits per heavy atom. The van der Waals surface area contributed by atoms with Gasteiger partial charge in [-0.15, -0.1) is 0 Å². The number of rotatable bonds is 6. The number of ether oxygens (including phenoxy) is 1. The van der Waals surface area contributed by atoms with Crippen LogP contribution in [0.1, 0.15) is 19.4 Å². The van der Waals surface area contributed by atoms with E-state index in [1.54, 1.807) is 11.0 Å². The summed E-state index contributed by atoms with van der Waals surface area (Å²) in [6.45, 7) is 4.47. The molecule has 1 N–H and O–H groups in total. The molecule has 0 aliphatic carbocycles. The van der Waals surface area contributed by atoms with Crippen LogP contribution in [0.15, 0.2) is 36.9 Å². The van der Waals surface area contributed by atoms with E-state index in [0.29, 0.717) is 6.54 Å². The second-order valence-corrected chi connectivity index (χ2v) is 4.70. The number of carbonyl (C=O) groups is 1. The molecule has 0 aliphatic heterocycles. The van der Waals surface area contributed by atoms with E-state index in [-0.39, 0.29) is 18.6 Å². The minimum Gasteiger partial charge on any atom is -0.369 e. The second kappa shape index (κ2) is 6.81. The number of nitrogens with zero attached hydrogens (tertiary/aromatic N) is 3. The Morgan fingerprint density at radius 3 is 3.00 bits per heavy atom. The van der Waals surface area contributed by atoms with Crippen LogP contribution in [0.4, 0.5) is 5.69 Å². The zero-order valence-electron chi connectivity index (χ0n) is 11.6. The van der Waals surface area contributed by atoms with Crippen LogP contribution in [-0.2, 0) is 16.1 Å². The third kappa shape index (κ3) is 4.47. The summed E-state index contributed by atoms with van der Waals surface area (Å²) >= 11 is 0. The maximum Gasteiger partial charge on any atom is 0.250 e. The Labute approximate surface area is 117 Å². The van der Waals surface area contributed by atoms with Gasteiger partial charge in [0.15, 0.2) is 0 Å². The highest BCUT2D eigenvalue weighted by Crippen LogP contribution is 2.11. The summed E-state index contributed by atoms with van der Waals surface area (Å²) in [7, 11) is 0. The summed E-state index contributed by atoms with van der Waals surface area (Å²) in [5.74, 6) is -0.156. The number of nitrogens with one attached hydrogen (secondary N) is 1. The van der Waals surface area contributed by atoms with Crippen molar-refractivity contribution < 1.29 is 9.53 Å². The Hall–Kier alpha value is -2.21. The molecule has 0 radical (unpaired) electrons. The molecule has 1 aromatic heterocycles. The first-order chi connectivity index (χ1) is 9.63. The Morgan fingerprint density at radius 1 is 1.45 bits per heavy atom. The van der Waals surface area contributed by atoms with Crippen LogP contribution in [0.25, 0.3) is 0 Å². The van der Waals surface area contributed by atoms with Gasteiger partial charge in [0, 0.05) is 5.69 Å². The fraction of sp³-hybridized carbons (Fsp3) is 0.357. The summed E-state index contributed by atoms with van der Waals surface area (Å²) in [6, 6.07) is 7.63. The van der Waals surface area contributed by atoms with Crippen LogP contribution in [-0.4, -0.2) is 33.4 Å². The summed E-state index contributed by atoms with van der Waals surface area (Å²) in [6.07, 6.45) is 3.19. The zero-order chi connectivity index (χ0) is 14.4. The molecule has 0 bridgehead atoms. The van der Waals surface area contributed by atoms with Gasteiger partial charge >= 0.3 is 0 Å². The lowest BCUT2D eigenvalue weighted by atomic mass is 10.2. The van der Waals surface area contributed by atoms with Gasteiger partial charge in [-0.05, 0) is 31.5 Å². The molecule has 0 saturated carbocycles. The van der Waals surface area contributed by atoms with Gasteiger partial charge in [-0.25, -0.2) is 9.67 Å². The van der Waals surface area contributed by atoms with Crippen LogP contribution in [0.2, 0.25) is 0 Å². The lowest BCUT2D eigenvalue weighted by molar-refractivity contribution is -0.121. The van der Waals surface area contributed by atoms with Crippen molar-refractivity contribution in [3.63, 3.8) is 0 Å². The van der Waals surface area contributed by atoms with Crippen molar-refractivity contribution >= 4 is 11.6 Å². The molecule has 0 aliphatic rings. The number of carbonyl (C=O) groups excluding carboxylic acids is 1. The van der Waals surface area contributed by atoms with Gasteiger partial charge in [0.25, 0.3) is 0 Å². The molecule has 0 atom stereocenters. The predicted molar refractivity (Wildman–Crippen MR) is 75.3 cm³/mol. The smallest absolute Gasteiger partial charge is 0.250 e. The molecule has 1 heterocycles. The third-order valence-electron chi connectivity index (χ3n) is 2.57. The molecular weight excluding hydrogens is 256 g/mol. The van der Waals surface area contributed by atoms with E-state index in [0.717, 1.165) is 11.3 Å². The fourth-order valence-corrected chi connectivity index (χ4v) is 1.69. The first-order valence-corrected chi connectivity index (χ1v) is 6.46.